The second-order valence-electron chi connectivity index (χ2n) is 4.77. The van der Waals surface area contributed by atoms with Gasteiger partial charge in [0, 0.05) is 24.7 Å². The lowest BCUT2D eigenvalue weighted by molar-refractivity contribution is -0.120. The van der Waals surface area contributed by atoms with Gasteiger partial charge in [0.05, 0.1) is 0 Å². The Morgan fingerprint density at radius 2 is 2.14 bits per heavy atom. The number of ketones is 2. The molecule has 0 aromatic heterocycles. The third-order valence-corrected chi connectivity index (χ3v) is 3.98. The quantitative estimate of drug-likeness (QED) is 0.590. The van der Waals surface area contributed by atoms with Crippen LogP contribution in [0, 0.1) is 11.3 Å². The summed E-state index contributed by atoms with van der Waals surface area (Å²) in [6, 6.07) is 0. The van der Waals surface area contributed by atoms with Crippen LogP contribution >= 0.6 is 0 Å². The molecule has 0 unspecified atom stereocenters. The molecule has 76 valence electrons. The van der Waals surface area contributed by atoms with Gasteiger partial charge < -0.3 is 0 Å². The van der Waals surface area contributed by atoms with Crippen LogP contribution in [0.1, 0.15) is 39.5 Å². The Morgan fingerprint density at radius 3 is 2.64 bits per heavy atom. The average molecular weight is 192 g/mol. The second kappa shape index (κ2) is 3.04. The van der Waals surface area contributed by atoms with Crippen LogP contribution in [-0.4, -0.2) is 11.6 Å². The molecule has 0 radical (unpaired) electrons. The molecule has 0 N–H and O–H groups in total. The van der Waals surface area contributed by atoms with Crippen LogP contribution in [0.5, 0.6) is 0 Å². The van der Waals surface area contributed by atoms with Crippen molar-refractivity contribution < 1.29 is 9.59 Å². The molecule has 1 fully saturated rings. The van der Waals surface area contributed by atoms with Gasteiger partial charge in [-0.25, -0.2) is 0 Å². The standard InChI is InChI=1S/C12H16O2/c1-8-5-11(14)6-9(2)12(8)4-3-10(13)7-12/h5,9H,3-4,6-7H2,1-2H3/t9-,12+/m1/s1. The maximum Gasteiger partial charge on any atom is 0.155 e. The van der Waals surface area contributed by atoms with Crippen LogP contribution in [0.4, 0.5) is 0 Å². The van der Waals surface area contributed by atoms with E-state index < -0.39 is 0 Å². The number of hydrogen-bond donors (Lipinski definition) is 0. The van der Waals surface area contributed by atoms with Gasteiger partial charge in [-0.1, -0.05) is 12.5 Å². The van der Waals surface area contributed by atoms with Crippen molar-refractivity contribution in [2.45, 2.75) is 39.5 Å². The SMILES string of the molecule is CC1=CC(=O)C[C@@H](C)[C@]12CCC(=O)C2. The van der Waals surface area contributed by atoms with E-state index in [1.807, 2.05) is 6.92 Å². The zero-order valence-electron chi connectivity index (χ0n) is 8.80. The van der Waals surface area contributed by atoms with Crippen molar-refractivity contribution in [3.8, 4) is 0 Å². The van der Waals surface area contributed by atoms with Gasteiger partial charge in [0.2, 0.25) is 0 Å². The molecule has 2 atom stereocenters. The van der Waals surface area contributed by atoms with E-state index in [9.17, 15) is 9.59 Å². The highest BCUT2D eigenvalue weighted by Crippen LogP contribution is 2.51. The average Bonchev–Trinajstić information content (AvgIpc) is 2.46. The minimum Gasteiger partial charge on any atom is -0.300 e. The van der Waals surface area contributed by atoms with Crippen molar-refractivity contribution in [1.29, 1.82) is 0 Å². The Labute approximate surface area is 84.4 Å². The fourth-order valence-electron chi connectivity index (χ4n) is 2.98. The first kappa shape index (κ1) is 9.63. The summed E-state index contributed by atoms with van der Waals surface area (Å²) in [7, 11) is 0. The van der Waals surface area contributed by atoms with Crippen LogP contribution in [0.3, 0.4) is 0 Å². The van der Waals surface area contributed by atoms with Gasteiger partial charge in [-0.15, -0.1) is 0 Å². The normalized spacial score (nSPS) is 37.9. The van der Waals surface area contributed by atoms with Crippen molar-refractivity contribution in [1.82, 2.24) is 0 Å². The Morgan fingerprint density at radius 1 is 1.43 bits per heavy atom. The molecule has 0 aliphatic heterocycles. The molecule has 0 aromatic rings. The molecule has 1 spiro atoms. The van der Waals surface area contributed by atoms with Crippen LogP contribution in [0.25, 0.3) is 0 Å². The first-order valence-corrected chi connectivity index (χ1v) is 5.28. The van der Waals surface area contributed by atoms with E-state index in [0.29, 0.717) is 31.0 Å². The minimum atomic E-state index is 0.0327. The molecule has 14 heavy (non-hydrogen) atoms. The number of allylic oxidation sites excluding steroid dienone is 2. The van der Waals surface area contributed by atoms with Gasteiger partial charge in [0.15, 0.2) is 5.78 Å². The summed E-state index contributed by atoms with van der Waals surface area (Å²) in [4.78, 5) is 22.7. The highest BCUT2D eigenvalue weighted by atomic mass is 16.1. The van der Waals surface area contributed by atoms with Gasteiger partial charge in [-0.2, -0.15) is 0 Å². The number of Topliss-reactive ketones (excluding diaryl/α,β-unsaturated/α-hetero) is 1. The van der Waals surface area contributed by atoms with Gasteiger partial charge in [0.25, 0.3) is 0 Å². The number of rotatable bonds is 0. The lowest BCUT2D eigenvalue weighted by Crippen LogP contribution is -2.33. The Balaban J connectivity index is 2.38. The first-order valence-electron chi connectivity index (χ1n) is 5.28. The van der Waals surface area contributed by atoms with E-state index in [1.54, 1.807) is 6.08 Å². The lowest BCUT2D eigenvalue weighted by atomic mass is 9.65. The van der Waals surface area contributed by atoms with Crippen LogP contribution in [0.2, 0.25) is 0 Å². The smallest absolute Gasteiger partial charge is 0.155 e. The van der Waals surface area contributed by atoms with Gasteiger partial charge >= 0.3 is 0 Å². The first-order chi connectivity index (χ1) is 6.54. The maximum atomic E-state index is 11.4. The predicted molar refractivity (Wildman–Crippen MR) is 53.8 cm³/mol. The zero-order chi connectivity index (χ0) is 10.3. The van der Waals surface area contributed by atoms with E-state index in [4.69, 9.17) is 0 Å². The van der Waals surface area contributed by atoms with E-state index in [-0.39, 0.29) is 11.2 Å². The molecule has 0 saturated heterocycles. The molecular formula is C12H16O2. The molecule has 2 aliphatic carbocycles. The Kier molecular flexibility index (Phi) is 2.09. The van der Waals surface area contributed by atoms with Crippen LogP contribution < -0.4 is 0 Å². The van der Waals surface area contributed by atoms with Crippen molar-refractivity contribution in [3.05, 3.63) is 11.6 Å². The number of carbonyl (C=O) groups excluding carboxylic acids is 2. The molecule has 0 aromatic carbocycles. The predicted octanol–water partition coefficient (Wildman–Crippen LogP) is 2.28. The van der Waals surface area contributed by atoms with Gasteiger partial charge in [-0.05, 0) is 25.3 Å². The Hall–Kier alpha value is -0.920. The summed E-state index contributed by atoms with van der Waals surface area (Å²) in [5.74, 6) is 0.922. The molecule has 0 amide bonds. The van der Waals surface area contributed by atoms with Gasteiger partial charge in [0.1, 0.15) is 5.78 Å². The second-order valence-corrected chi connectivity index (χ2v) is 4.77. The lowest BCUT2D eigenvalue weighted by Gasteiger charge is -2.38. The third kappa shape index (κ3) is 1.24. The highest BCUT2D eigenvalue weighted by Gasteiger charge is 2.46. The van der Waals surface area contributed by atoms with Crippen molar-refractivity contribution >= 4 is 11.6 Å². The van der Waals surface area contributed by atoms with E-state index in [0.717, 1.165) is 12.0 Å². The van der Waals surface area contributed by atoms with Crippen molar-refractivity contribution in [3.63, 3.8) is 0 Å². The molecule has 2 rings (SSSR count). The number of hydrogen-bond acceptors (Lipinski definition) is 2. The molecule has 2 heteroatoms. The summed E-state index contributed by atoms with van der Waals surface area (Å²) >= 11 is 0. The van der Waals surface area contributed by atoms with Crippen LogP contribution in [0.15, 0.2) is 11.6 Å². The topological polar surface area (TPSA) is 34.1 Å². The van der Waals surface area contributed by atoms with Crippen molar-refractivity contribution in [2.24, 2.45) is 11.3 Å². The summed E-state index contributed by atoms with van der Waals surface area (Å²) in [5.41, 5.74) is 1.16. The molecule has 1 saturated carbocycles. The molecule has 0 heterocycles. The summed E-state index contributed by atoms with van der Waals surface area (Å²) in [6.07, 6.45) is 4.67. The highest BCUT2D eigenvalue weighted by molar-refractivity contribution is 5.93. The van der Waals surface area contributed by atoms with Crippen LogP contribution in [-0.2, 0) is 9.59 Å². The third-order valence-electron chi connectivity index (χ3n) is 3.98. The van der Waals surface area contributed by atoms with Crippen molar-refractivity contribution in [2.75, 3.05) is 0 Å². The van der Waals surface area contributed by atoms with E-state index in [2.05, 4.69) is 6.92 Å². The summed E-state index contributed by atoms with van der Waals surface area (Å²) in [5, 5.41) is 0. The molecule has 0 bridgehead atoms. The zero-order valence-corrected chi connectivity index (χ0v) is 8.80. The fourth-order valence-corrected chi connectivity index (χ4v) is 2.98. The maximum absolute atomic E-state index is 11.4. The molecule has 2 nitrogen and oxygen atoms in total. The summed E-state index contributed by atoms with van der Waals surface area (Å²) < 4.78 is 0. The van der Waals surface area contributed by atoms with E-state index in [1.165, 1.54) is 0 Å². The number of carbonyl (C=O) groups is 2. The van der Waals surface area contributed by atoms with E-state index >= 15 is 0 Å². The fraction of sp³-hybridized carbons (Fsp3) is 0.667. The Bertz CT molecular complexity index is 327. The minimum absolute atomic E-state index is 0.0327. The van der Waals surface area contributed by atoms with Gasteiger partial charge in [-0.3, -0.25) is 9.59 Å². The molecule has 2 aliphatic rings. The monoisotopic (exact) mass is 192 g/mol. The molecular weight excluding hydrogens is 176 g/mol. The largest absolute Gasteiger partial charge is 0.300 e. The summed E-state index contributed by atoms with van der Waals surface area (Å²) in [6.45, 7) is 4.11.